The minimum absolute atomic E-state index is 0. The van der Waals surface area contributed by atoms with Crippen LogP contribution in [-0.4, -0.2) is 30.6 Å². The number of halogens is 1. The van der Waals surface area contributed by atoms with Crippen molar-refractivity contribution in [3.63, 3.8) is 0 Å². The Hall–Kier alpha value is -1.77. The highest BCUT2D eigenvalue weighted by atomic mass is 35.5. The van der Waals surface area contributed by atoms with Crippen LogP contribution >= 0.6 is 12.4 Å². The third-order valence-corrected chi connectivity index (χ3v) is 4.26. The molecule has 0 heterocycles. The van der Waals surface area contributed by atoms with Crippen molar-refractivity contribution in [3.8, 4) is 5.75 Å². The number of phenols is 1. The Balaban J connectivity index is 0.00000192. The highest BCUT2D eigenvalue weighted by Gasteiger charge is 2.19. The zero-order chi connectivity index (χ0) is 15.5. The Kier molecular flexibility index (Phi) is 5.86. The molecule has 0 amide bonds. The van der Waals surface area contributed by atoms with Crippen molar-refractivity contribution in [1.29, 1.82) is 0 Å². The lowest BCUT2D eigenvalue weighted by Crippen LogP contribution is -2.19. The van der Waals surface area contributed by atoms with Crippen molar-refractivity contribution < 1.29 is 5.11 Å². The van der Waals surface area contributed by atoms with Crippen LogP contribution in [0.4, 0.5) is 0 Å². The molecule has 3 rings (SSSR count). The lowest BCUT2D eigenvalue weighted by molar-refractivity contribution is 0.438. The summed E-state index contributed by atoms with van der Waals surface area (Å²) < 4.78 is 0. The minimum atomic E-state index is 0. The summed E-state index contributed by atoms with van der Waals surface area (Å²) in [6.07, 6.45) is 3.14. The first-order valence-electron chi connectivity index (χ1n) is 7.85. The van der Waals surface area contributed by atoms with Gasteiger partial charge in [-0.3, -0.25) is 0 Å². The van der Waals surface area contributed by atoms with Gasteiger partial charge in [0, 0.05) is 6.54 Å². The van der Waals surface area contributed by atoms with E-state index in [9.17, 15) is 5.11 Å². The van der Waals surface area contributed by atoms with E-state index in [1.54, 1.807) is 6.07 Å². The number of aryl methyl sites for hydroxylation is 1. The summed E-state index contributed by atoms with van der Waals surface area (Å²) in [6, 6.07) is 16.3. The first-order valence-corrected chi connectivity index (χ1v) is 7.85. The van der Waals surface area contributed by atoms with E-state index >= 15 is 0 Å². The number of likely N-dealkylation sites (N-methyl/N-ethyl adjacent to an activating group) is 1. The molecule has 0 saturated heterocycles. The third-order valence-electron chi connectivity index (χ3n) is 4.26. The second kappa shape index (κ2) is 7.67. The van der Waals surface area contributed by atoms with Gasteiger partial charge in [-0.05, 0) is 67.8 Å². The Morgan fingerprint density at radius 2 is 1.78 bits per heavy atom. The van der Waals surface area contributed by atoms with Gasteiger partial charge in [-0.15, -0.1) is 12.4 Å². The van der Waals surface area contributed by atoms with Gasteiger partial charge in [-0.2, -0.15) is 0 Å². The molecular formula is C20H24ClNO. The normalized spacial score (nSPS) is 13.7. The maximum Gasteiger partial charge on any atom is 0.115 e. The largest absolute Gasteiger partial charge is 0.508 e. The number of rotatable bonds is 4. The standard InChI is InChI=1S/C20H23NO.ClH/c1-21(2)14-17-11-10-16-7-3-4-9-19(16)20(17)13-15-6-5-8-18(22)12-15;/h3-9,12,22H,10-11,13-14H2,1-2H3;1H. The molecule has 0 fully saturated rings. The van der Waals surface area contributed by atoms with Crippen LogP contribution in [0.3, 0.4) is 0 Å². The van der Waals surface area contributed by atoms with E-state index in [-0.39, 0.29) is 12.4 Å². The molecular weight excluding hydrogens is 306 g/mol. The average molecular weight is 330 g/mol. The molecule has 0 spiro atoms. The second-order valence-corrected chi connectivity index (χ2v) is 6.32. The monoisotopic (exact) mass is 329 g/mol. The summed E-state index contributed by atoms with van der Waals surface area (Å²) in [6.45, 7) is 1.00. The summed E-state index contributed by atoms with van der Waals surface area (Å²) in [5.41, 5.74) is 6.95. The quantitative estimate of drug-likeness (QED) is 0.903. The zero-order valence-electron chi connectivity index (χ0n) is 13.7. The van der Waals surface area contributed by atoms with Crippen LogP contribution in [0.15, 0.2) is 54.1 Å². The summed E-state index contributed by atoms with van der Waals surface area (Å²) >= 11 is 0. The van der Waals surface area contributed by atoms with Crippen LogP contribution in [0.2, 0.25) is 0 Å². The van der Waals surface area contributed by atoms with Crippen molar-refractivity contribution in [2.45, 2.75) is 19.3 Å². The van der Waals surface area contributed by atoms with E-state index in [1.807, 2.05) is 12.1 Å². The lowest BCUT2D eigenvalue weighted by Gasteiger charge is -2.26. The molecule has 0 radical (unpaired) electrons. The molecule has 0 atom stereocenters. The fraction of sp³-hybridized carbons (Fsp3) is 0.300. The lowest BCUT2D eigenvalue weighted by atomic mass is 9.82. The van der Waals surface area contributed by atoms with E-state index < -0.39 is 0 Å². The smallest absolute Gasteiger partial charge is 0.115 e. The van der Waals surface area contributed by atoms with E-state index in [4.69, 9.17) is 0 Å². The van der Waals surface area contributed by atoms with Crippen LogP contribution in [0.5, 0.6) is 5.75 Å². The topological polar surface area (TPSA) is 23.5 Å². The van der Waals surface area contributed by atoms with Crippen LogP contribution < -0.4 is 0 Å². The van der Waals surface area contributed by atoms with Gasteiger partial charge < -0.3 is 10.0 Å². The average Bonchev–Trinajstić information content (AvgIpc) is 2.49. The highest BCUT2D eigenvalue weighted by molar-refractivity contribution is 5.85. The molecule has 0 aliphatic heterocycles. The van der Waals surface area contributed by atoms with Crippen LogP contribution in [0, 0.1) is 0 Å². The molecule has 2 nitrogen and oxygen atoms in total. The third kappa shape index (κ3) is 4.15. The summed E-state index contributed by atoms with van der Waals surface area (Å²) in [7, 11) is 4.25. The molecule has 2 aromatic carbocycles. The van der Waals surface area contributed by atoms with Gasteiger partial charge >= 0.3 is 0 Å². The second-order valence-electron chi connectivity index (χ2n) is 6.32. The molecule has 3 heteroatoms. The van der Waals surface area contributed by atoms with E-state index in [0.29, 0.717) is 5.75 Å². The van der Waals surface area contributed by atoms with Gasteiger partial charge in [-0.25, -0.2) is 0 Å². The van der Waals surface area contributed by atoms with E-state index in [1.165, 1.54) is 27.8 Å². The van der Waals surface area contributed by atoms with E-state index in [0.717, 1.165) is 25.8 Å². The fourth-order valence-electron chi connectivity index (χ4n) is 3.31. The number of hydrogen-bond acceptors (Lipinski definition) is 2. The fourth-order valence-corrected chi connectivity index (χ4v) is 3.31. The Labute approximate surface area is 144 Å². The number of hydrogen-bond donors (Lipinski definition) is 1. The molecule has 1 aliphatic rings. The zero-order valence-corrected chi connectivity index (χ0v) is 14.6. The molecule has 0 unspecified atom stereocenters. The number of phenolic OH excluding ortho intramolecular Hbond substituents is 1. The van der Waals surface area contributed by atoms with Crippen molar-refractivity contribution in [3.05, 3.63) is 70.8 Å². The van der Waals surface area contributed by atoms with Crippen LogP contribution in [0.1, 0.15) is 23.1 Å². The molecule has 1 N–H and O–H groups in total. The van der Waals surface area contributed by atoms with Gasteiger partial charge in [-0.1, -0.05) is 42.0 Å². The van der Waals surface area contributed by atoms with Crippen LogP contribution in [0.25, 0.3) is 5.57 Å². The van der Waals surface area contributed by atoms with Crippen molar-refractivity contribution in [2.24, 2.45) is 0 Å². The van der Waals surface area contributed by atoms with Gasteiger partial charge in [0.2, 0.25) is 0 Å². The SMILES string of the molecule is CN(C)CC1=C(Cc2cccc(O)c2)c2ccccc2CC1.Cl. The maximum absolute atomic E-state index is 9.72. The first kappa shape index (κ1) is 17.6. The predicted octanol–water partition coefficient (Wildman–Crippen LogP) is 4.32. The Morgan fingerprint density at radius 1 is 1.00 bits per heavy atom. The van der Waals surface area contributed by atoms with Gasteiger partial charge in [0.05, 0.1) is 0 Å². The Morgan fingerprint density at radius 3 is 2.52 bits per heavy atom. The molecule has 0 saturated carbocycles. The number of allylic oxidation sites excluding steroid dienone is 1. The van der Waals surface area contributed by atoms with Crippen molar-refractivity contribution >= 4 is 18.0 Å². The molecule has 0 aromatic heterocycles. The summed E-state index contributed by atoms with van der Waals surface area (Å²) in [4.78, 5) is 2.24. The molecule has 1 aliphatic carbocycles. The highest BCUT2D eigenvalue weighted by Crippen LogP contribution is 2.34. The molecule has 0 bridgehead atoms. The number of benzene rings is 2. The van der Waals surface area contributed by atoms with Crippen molar-refractivity contribution in [2.75, 3.05) is 20.6 Å². The number of aromatic hydroxyl groups is 1. The van der Waals surface area contributed by atoms with Gasteiger partial charge in [0.25, 0.3) is 0 Å². The summed E-state index contributed by atoms with van der Waals surface area (Å²) in [5, 5.41) is 9.72. The summed E-state index contributed by atoms with van der Waals surface area (Å²) in [5.74, 6) is 0.344. The predicted molar refractivity (Wildman–Crippen MR) is 99.3 cm³/mol. The Bertz CT molecular complexity index is 706. The van der Waals surface area contributed by atoms with Gasteiger partial charge in [0.1, 0.15) is 5.75 Å². The van der Waals surface area contributed by atoms with Gasteiger partial charge in [0.15, 0.2) is 0 Å². The first-order chi connectivity index (χ1) is 10.6. The number of fused-ring (bicyclic) bond motifs is 1. The molecule has 23 heavy (non-hydrogen) atoms. The number of nitrogens with zero attached hydrogens (tertiary/aromatic N) is 1. The maximum atomic E-state index is 9.72. The van der Waals surface area contributed by atoms with E-state index in [2.05, 4.69) is 49.3 Å². The molecule has 122 valence electrons. The minimum Gasteiger partial charge on any atom is -0.508 e. The van der Waals surface area contributed by atoms with Crippen LogP contribution in [-0.2, 0) is 12.8 Å². The van der Waals surface area contributed by atoms with Crippen molar-refractivity contribution in [1.82, 2.24) is 4.90 Å². The molecule has 2 aromatic rings.